The number of carbonyl (C=O) groups excluding carboxylic acids is 1. The summed E-state index contributed by atoms with van der Waals surface area (Å²) < 4.78 is 0. The molecular formula is C19H29N3O. The molecule has 4 heteroatoms. The van der Waals surface area contributed by atoms with Crippen molar-refractivity contribution in [2.75, 3.05) is 49.1 Å². The highest BCUT2D eigenvalue weighted by molar-refractivity contribution is 5.76. The third kappa shape index (κ3) is 3.80. The standard InChI is InChI=1S/C19H29N3O/c1-3-19(23)22-14-12-21(13-15-22)18-6-4-17(5-7-18)20-10-8-16(2)9-11-20/h4-7,16H,3,8-15H2,1-2H3. The second-order valence-electron chi connectivity index (χ2n) is 6.91. The van der Waals surface area contributed by atoms with Gasteiger partial charge in [-0.2, -0.15) is 0 Å². The van der Waals surface area contributed by atoms with E-state index in [9.17, 15) is 4.79 Å². The quantitative estimate of drug-likeness (QED) is 0.858. The zero-order valence-electron chi connectivity index (χ0n) is 14.5. The van der Waals surface area contributed by atoms with Crippen LogP contribution in [-0.4, -0.2) is 50.1 Å². The minimum absolute atomic E-state index is 0.277. The van der Waals surface area contributed by atoms with Crippen LogP contribution >= 0.6 is 0 Å². The average Bonchev–Trinajstić information content (AvgIpc) is 2.62. The molecule has 0 bridgehead atoms. The fourth-order valence-electron chi connectivity index (χ4n) is 3.58. The van der Waals surface area contributed by atoms with E-state index in [1.807, 2.05) is 11.8 Å². The number of benzene rings is 1. The first-order valence-electron chi connectivity index (χ1n) is 9.05. The maximum absolute atomic E-state index is 11.8. The van der Waals surface area contributed by atoms with E-state index in [-0.39, 0.29) is 5.91 Å². The number of anilines is 2. The van der Waals surface area contributed by atoms with Crippen LogP contribution in [0, 0.1) is 5.92 Å². The molecule has 2 aliphatic rings. The molecule has 0 saturated carbocycles. The van der Waals surface area contributed by atoms with Gasteiger partial charge in [-0.1, -0.05) is 13.8 Å². The summed E-state index contributed by atoms with van der Waals surface area (Å²) in [7, 11) is 0. The first-order valence-corrected chi connectivity index (χ1v) is 9.05. The lowest BCUT2D eigenvalue weighted by Gasteiger charge is -2.36. The van der Waals surface area contributed by atoms with Crippen molar-refractivity contribution in [3.63, 3.8) is 0 Å². The molecule has 0 atom stereocenters. The molecule has 1 amide bonds. The van der Waals surface area contributed by atoms with Gasteiger partial charge < -0.3 is 14.7 Å². The molecule has 0 spiro atoms. The fourth-order valence-corrected chi connectivity index (χ4v) is 3.58. The lowest BCUT2D eigenvalue weighted by molar-refractivity contribution is -0.131. The Hall–Kier alpha value is -1.71. The van der Waals surface area contributed by atoms with Crippen LogP contribution in [0.25, 0.3) is 0 Å². The van der Waals surface area contributed by atoms with E-state index in [4.69, 9.17) is 0 Å². The molecule has 2 heterocycles. The highest BCUT2D eigenvalue weighted by atomic mass is 16.2. The van der Waals surface area contributed by atoms with E-state index < -0.39 is 0 Å². The van der Waals surface area contributed by atoms with Crippen LogP contribution in [0.2, 0.25) is 0 Å². The summed E-state index contributed by atoms with van der Waals surface area (Å²) in [4.78, 5) is 18.6. The van der Waals surface area contributed by atoms with Gasteiger partial charge >= 0.3 is 0 Å². The number of piperazine rings is 1. The molecule has 0 aliphatic carbocycles. The number of hydrogen-bond donors (Lipinski definition) is 0. The van der Waals surface area contributed by atoms with Crippen molar-refractivity contribution in [1.82, 2.24) is 4.90 Å². The molecule has 23 heavy (non-hydrogen) atoms. The Bertz CT molecular complexity index is 512. The molecule has 0 radical (unpaired) electrons. The number of piperidine rings is 1. The van der Waals surface area contributed by atoms with Gasteiger partial charge in [0, 0.05) is 57.1 Å². The van der Waals surface area contributed by atoms with Gasteiger partial charge in [0.05, 0.1) is 0 Å². The van der Waals surface area contributed by atoms with Crippen LogP contribution in [0.5, 0.6) is 0 Å². The van der Waals surface area contributed by atoms with Crippen molar-refractivity contribution in [1.29, 1.82) is 0 Å². The second-order valence-corrected chi connectivity index (χ2v) is 6.91. The summed E-state index contributed by atoms with van der Waals surface area (Å²) in [6, 6.07) is 9.00. The Kier molecular flexibility index (Phi) is 5.09. The number of hydrogen-bond acceptors (Lipinski definition) is 3. The number of rotatable bonds is 3. The summed E-state index contributed by atoms with van der Waals surface area (Å²) in [5.74, 6) is 1.15. The molecule has 1 aromatic rings. The lowest BCUT2D eigenvalue weighted by atomic mass is 9.99. The smallest absolute Gasteiger partial charge is 0.222 e. The summed E-state index contributed by atoms with van der Waals surface area (Å²) in [5.41, 5.74) is 2.63. The van der Waals surface area contributed by atoms with Gasteiger partial charge in [-0.15, -0.1) is 0 Å². The normalized spacial score (nSPS) is 20.0. The monoisotopic (exact) mass is 315 g/mol. The zero-order valence-corrected chi connectivity index (χ0v) is 14.5. The minimum atomic E-state index is 0.277. The molecule has 0 unspecified atom stereocenters. The maximum Gasteiger partial charge on any atom is 0.222 e. The summed E-state index contributed by atoms with van der Waals surface area (Å²) >= 11 is 0. The Labute approximate surface area is 140 Å². The van der Waals surface area contributed by atoms with Crippen LogP contribution in [0.15, 0.2) is 24.3 Å². The highest BCUT2D eigenvalue weighted by Gasteiger charge is 2.20. The molecule has 126 valence electrons. The van der Waals surface area contributed by atoms with Crippen LogP contribution in [-0.2, 0) is 4.79 Å². The Morgan fingerprint density at radius 1 is 0.913 bits per heavy atom. The van der Waals surface area contributed by atoms with Crippen LogP contribution < -0.4 is 9.80 Å². The molecule has 2 fully saturated rings. The third-order valence-electron chi connectivity index (χ3n) is 5.30. The molecule has 3 rings (SSSR count). The van der Waals surface area contributed by atoms with E-state index in [0.717, 1.165) is 32.1 Å². The number of carbonyl (C=O) groups is 1. The third-order valence-corrected chi connectivity index (χ3v) is 5.30. The van der Waals surface area contributed by atoms with Gasteiger partial charge in [0.15, 0.2) is 0 Å². The second kappa shape index (κ2) is 7.24. The first-order chi connectivity index (χ1) is 11.2. The van der Waals surface area contributed by atoms with Gasteiger partial charge in [-0.3, -0.25) is 4.79 Å². The summed E-state index contributed by atoms with van der Waals surface area (Å²) in [5, 5.41) is 0. The van der Waals surface area contributed by atoms with Gasteiger partial charge in [0.2, 0.25) is 5.91 Å². The predicted molar refractivity (Wildman–Crippen MR) is 96.1 cm³/mol. The van der Waals surface area contributed by atoms with Crippen LogP contribution in [0.1, 0.15) is 33.1 Å². The molecule has 0 aromatic heterocycles. The molecular weight excluding hydrogens is 286 g/mol. The topological polar surface area (TPSA) is 26.8 Å². The highest BCUT2D eigenvalue weighted by Crippen LogP contribution is 2.26. The Balaban J connectivity index is 1.57. The average molecular weight is 315 g/mol. The Morgan fingerprint density at radius 3 is 1.87 bits per heavy atom. The van der Waals surface area contributed by atoms with E-state index >= 15 is 0 Å². The molecule has 2 saturated heterocycles. The molecule has 2 aliphatic heterocycles. The maximum atomic E-state index is 11.8. The molecule has 1 aromatic carbocycles. The van der Waals surface area contributed by atoms with Crippen LogP contribution in [0.4, 0.5) is 11.4 Å². The minimum Gasteiger partial charge on any atom is -0.372 e. The van der Waals surface area contributed by atoms with E-state index in [2.05, 4.69) is 41.0 Å². The van der Waals surface area contributed by atoms with Crippen molar-refractivity contribution < 1.29 is 4.79 Å². The van der Waals surface area contributed by atoms with Gasteiger partial charge in [0.25, 0.3) is 0 Å². The van der Waals surface area contributed by atoms with Crippen molar-refractivity contribution >= 4 is 17.3 Å². The lowest BCUT2D eigenvalue weighted by Crippen LogP contribution is -2.48. The van der Waals surface area contributed by atoms with Crippen molar-refractivity contribution in [3.05, 3.63) is 24.3 Å². The SMILES string of the molecule is CCC(=O)N1CCN(c2ccc(N3CCC(C)CC3)cc2)CC1. The number of nitrogens with zero attached hydrogens (tertiary/aromatic N) is 3. The Morgan fingerprint density at radius 2 is 1.39 bits per heavy atom. The largest absolute Gasteiger partial charge is 0.372 e. The fraction of sp³-hybridized carbons (Fsp3) is 0.632. The van der Waals surface area contributed by atoms with Crippen molar-refractivity contribution in [3.8, 4) is 0 Å². The van der Waals surface area contributed by atoms with E-state index in [1.54, 1.807) is 0 Å². The van der Waals surface area contributed by atoms with Gasteiger partial charge in [-0.25, -0.2) is 0 Å². The van der Waals surface area contributed by atoms with Gasteiger partial charge in [-0.05, 0) is 43.0 Å². The first kappa shape index (κ1) is 16.2. The molecule has 0 N–H and O–H groups in total. The van der Waals surface area contributed by atoms with E-state index in [1.165, 1.54) is 37.3 Å². The van der Waals surface area contributed by atoms with Crippen molar-refractivity contribution in [2.24, 2.45) is 5.92 Å². The van der Waals surface area contributed by atoms with E-state index in [0.29, 0.717) is 6.42 Å². The summed E-state index contributed by atoms with van der Waals surface area (Å²) in [6.07, 6.45) is 3.22. The molecule has 4 nitrogen and oxygen atoms in total. The summed E-state index contributed by atoms with van der Waals surface area (Å²) in [6.45, 7) is 10.2. The van der Waals surface area contributed by atoms with Crippen molar-refractivity contribution in [2.45, 2.75) is 33.1 Å². The zero-order chi connectivity index (χ0) is 16.2. The van der Waals surface area contributed by atoms with Gasteiger partial charge in [0.1, 0.15) is 0 Å². The predicted octanol–water partition coefficient (Wildman–Crippen LogP) is 2.98. The number of amides is 1. The van der Waals surface area contributed by atoms with Crippen LogP contribution in [0.3, 0.4) is 0 Å².